The molecule has 0 bridgehead atoms. The number of aromatic nitrogens is 2. The maximum Gasteiger partial charge on any atom is 0.252 e. The molecule has 136 valence electrons. The third-order valence-corrected chi connectivity index (χ3v) is 5.05. The van der Waals surface area contributed by atoms with E-state index in [-0.39, 0.29) is 18.1 Å². The molecule has 0 unspecified atom stereocenters. The maximum absolute atomic E-state index is 12.6. The predicted molar refractivity (Wildman–Crippen MR) is 105 cm³/mol. The number of nitrogens with zero attached hydrogens (tertiary/aromatic N) is 2. The average Bonchev–Trinajstić information content (AvgIpc) is 3.50. The molecule has 5 nitrogen and oxygen atoms in total. The Balaban J connectivity index is 0.000000257. The van der Waals surface area contributed by atoms with Crippen molar-refractivity contribution in [3.8, 4) is 0 Å². The standard InChI is InChI=1S/C18H17NO2.C4H4N2/c20-11-18(9-10-18)19-17(21)15-8-7-13-4-1-3-12-5-2-6-14(15)16(12)13;1-2-5-4-6-3-1/h1-4,6-8,20H,5,9-11H2,(H,19,21);1-4H. The van der Waals surface area contributed by atoms with Crippen molar-refractivity contribution < 1.29 is 9.90 Å². The summed E-state index contributed by atoms with van der Waals surface area (Å²) < 4.78 is 0. The van der Waals surface area contributed by atoms with Gasteiger partial charge in [0.15, 0.2) is 0 Å². The van der Waals surface area contributed by atoms with Gasteiger partial charge in [0.2, 0.25) is 0 Å². The summed E-state index contributed by atoms with van der Waals surface area (Å²) in [6, 6.07) is 11.9. The van der Waals surface area contributed by atoms with E-state index >= 15 is 0 Å². The zero-order valence-electron chi connectivity index (χ0n) is 14.9. The van der Waals surface area contributed by atoms with E-state index in [0.717, 1.165) is 24.8 Å². The van der Waals surface area contributed by atoms with Crippen LogP contribution in [0.4, 0.5) is 0 Å². The van der Waals surface area contributed by atoms with Gasteiger partial charge in [0, 0.05) is 18.0 Å². The average molecular weight is 359 g/mol. The molecule has 2 aliphatic carbocycles. The van der Waals surface area contributed by atoms with Crippen molar-refractivity contribution >= 4 is 22.8 Å². The summed E-state index contributed by atoms with van der Waals surface area (Å²) in [5.74, 6) is -0.0835. The summed E-state index contributed by atoms with van der Waals surface area (Å²) in [7, 11) is 0. The molecular formula is C22H21N3O2. The molecule has 5 rings (SSSR count). The molecule has 3 aromatic rings. The third-order valence-electron chi connectivity index (χ3n) is 5.05. The molecule has 5 heteroatoms. The largest absolute Gasteiger partial charge is 0.394 e. The van der Waals surface area contributed by atoms with Crippen LogP contribution in [0, 0.1) is 0 Å². The molecule has 2 N–H and O–H groups in total. The van der Waals surface area contributed by atoms with Gasteiger partial charge in [0.1, 0.15) is 6.33 Å². The van der Waals surface area contributed by atoms with Gasteiger partial charge in [-0.25, -0.2) is 9.97 Å². The number of rotatable bonds is 3. The highest BCUT2D eigenvalue weighted by molar-refractivity contribution is 6.07. The third kappa shape index (κ3) is 3.59. The molecule has 0 spiro atoms. The lowest BCUT2D eigenvalue weighted by Crippen LogP contribution is -2.39. The van der Waals surface area contributed by atoms with Crippen LogP contribution in [0.15, 0.2) is 61.2 Å². The first-order chi connectivity index (χ1) is 13.2. The Morgan fingerprint density at radius 3 is 2.56 bits per heavy atom. The summed E-state index contributed by atoms with van der Waals surface area (Å²) >= 11 is 0. The van der Waals surface area contributed by atoms with Crippen LogP contribution >= 0.6 is 0 Å². The van der Waals surface area contributed by atoms with Crippen LogP contribution in [0.5, 0.6) is 0 Å². The van der Waals surface area contributed by atoms with E-state index in [1.807, 2.05) is 18.2 Å². The van der Waals surface area contributed by atoms with Crippen LogP contribution < -0.4 is 5.32 Å². The number of amides is 1. The zero-order chi connectivity index (χ0) is 18.7. The second-order valence-corrected chi connectivity index (χ2v) is 6.95. The fourth-order valence-electron chi connectivity index (χ4n) is 3.36. The molecule has 2 aliphatic rings. The van der Waals surface area contributed by atoms with Gasteiger partial charge in [-0.05, 0) is 53.3 Å². The Hall–Kier alpha value is -3.05. The van der Waals surface area contributed by atoms with Crippen LogP contribution in [-0.2, 0) is 6.42 Å². The molecule has 0 saturated heterocycles. The van der Waals surface area contributed by atoms with Gasteiger partial charge >= 0.3 is 0 Å². The van der Waals surface area contributed by atoms with E-state index in [4.69, 9.17) is 0 Å². The zero-order valence-corrected chi connectivity index (χ0v) is 14.9. The number of carbonyl (C=O) groups excluding carboxylic acids is 1. The van der Waals surface area contributed by atoms with E-state index in [1.165, 1.54) is 22.7 Å². The van der Waals surface area contributed by atoms with Crippen molar-refractivity contribution in [2.24, 2.45) is 0 Å². The Kier molecular flexibility index (Phi) is 4.69. The quantitative estimate of drug-likeness (QED) is 0.753. The monoisotopic (exact) mass is 359 g/mol. The first-order valence-corrected chi connectivity index (χ1v) is 9.07. The number of benzene rings is 2. The van der Waals surface area contributed by atoms with Crippen LogP contribution in [0.3, 0.4) is 0 Å². The lowest BCUT2D eigenvalue weighted by molar-refractivity contribution is 0.0907. The SMILES string of the molecule is O=C(NC1(CO)CC1)c1ccc2cccc3c2c1C=CC3.c1cncnc1. The van der Waals surface area contributed by atoms with Crippen molar-refractivity contribution in [2.45, 2.75) is 24.8 Å². The second-order valence-electron chi connectivity index (χ2n) is 6.95. The summed E-state index contributed by atoms with van der Waals surface area (Å²) in [6.45, 7) is 0.0166. The maximum atomic E-state index is 12.6. The first-order valence-electron chi connectivity index (χ1n) is 9.07. The van der Waals surface area contributed by atoms with Gasteiger partial charge in [0.25, 0.3) is 5.91 Å². The van der Waals surface area contributed by atoms with E-state index in [2.05, 4.69) is 39.6 Å². The van der Waals surface area contributed by atoms with Crippen molar-refractivity contribution in [3.63, 3.8) is 0 Å². The summed E-state index contributed by atoms with van der Waals surface area (Å²) in [6.07, 6.45) is 11.7. The molecule has 1 heterocycles. The number of hydrogen-bond acceptors (Lipinski definition) is 4. The Morgan fingerprint density at radius 1 is 1.11 bits per heavy atom. The van der Waals surface area contributed by atoms with Crippen LogP contribution in [-0.4, -0.2) is 33.1 Å². The minimum atomic E-state index is -0.378. The molecule has 1 amide bonds. The molecule has 0 radical (unpaired) electrons. The molecule has 1 fully saturated rings. The number of aliphatic hydroxyl groups excluding tert-OH is 1. The number of carbonyl (C=O) groups is 1. The number of aliphatic hydroxyl groups is 1. The van der Waals surface area contributed by atoms with Gasteiger partial charge < -0.3 is 10.4 Å². The number of allylic oxidation sites excluding steroid dienone is 1. The van der Waals surface area contributed by atoms with Gasteiger partial charge in [-0.15, -0.1) is 0 Å². The molecule has 0 atom stereocenters. The Bertz CT molecular complexity index is 968. The van der Waals surface area contributed by atoms with E-state index in [0.29, 0.717) is 5.56 Å². The van der Waals surface area contributed by atoms with Gasteiger partial charge in [-0.2, -0.15) is 0 Å². The number of hydrogen-bond donors (Lipinski definition) is 2. The normalized spacial score (nSPS) is 15.6. The van der Waals surface area contributed by atoms with Gasteiger partial charge in [0.05, 0.1) is 12.1 Å². The van der Waals surface area contributed by atoms with Crippen molar-refractivity contribution in [2.75, 3.05) is 6.61 Å². The highest BCUT2D eigenvalue weighted by atomic mass is 16.3. The van der Waals surface area contributed by atoms with Crippen LogP contribution in [0.2, 0.25) is 0 Å². The van der Waals surface area contributed by atoms with Crippen molar-refractivity contribution in [1.82, 2.24) is 15.3 Å². The van der Waals surface area contributed by atoms with Crippen LogP contribution in [0.25, 0.3) is 16.8 Å². The minimum Gasteiger partial charge on any atom is -0.394 e. The molecular weight excluding hydrogens is 338 g/mol. The fourth-order valence-corrected chi connectivity index (χ4v) is 3.36. The van der Waals surface area contributed by atoms with E-state index < -0.39 is 0 Å². The Labute approximate surface area is 157 Å². The summed E-state index contributed by atoms with van der Waals surface area (Å²) in [5.41, 5.74) is 2.59. The number of nitrogens with one attached hydrogen (secondary N) is 1. The van der Waals surface area contributed by atoms with Crippen molar-refractivity contribution in [3.05, 3.63) is 77.9 Å². The fraction of sp³-hybridized carbons (Fsp3) is 0.227. The van der Waals surface area contributed by atoms with Gasteiger partial charge in [-0.3, -0.25) is 4.79 Å². The summed E-state index contributed by atoms with van der Waals surface area (Å²) in [4.78, 5) is 19.9. The highest BCUT2D eigenvalue weighted by Gasteiger charge is 2.43. The second kappa shape index (κ2) is 7.29. The first kappa shape index (κ1) is 17.4. The molecule has 1 saturated carbocycles. The highest BCUT2D eigenvalue weighted by Crippen LogP contribution is 2.36. The lowest BCUT2D eigenvalue weighted by atomic mass is 9.89. The smallest absolute Gasteiger partial charge is 0.252 e. The topological polar surface area (TPSA) is 75.1 Å². The van der Waals surface area contributed by atoms with E-state index in [9.17, 15) is 9.90 Å². The molecule has 0 aliphatic heterocycles. The molecule has 27 heavy (non-hydrogen) atoms. The van der Waals surface area contributed by atoms with E-state index in [1.54, 1.807) is 18.5 Å². The van der Waals surface area contributed by atoms with Crippen LogP contribution in [0.1, 0.15) is 34.3 Å². The predicted octanol–water partition coefficient (Wildman–Crippen LogP) is 3.14. The lowest BCUT2D eigenvalue weighted by Gasteiger charge is -2.19. The Morgan fingerprint density at radius 2 is 1.93 bits per heavy atom. The molecule has 1 aromatic heterocycles. The minimum absolute atomic E-state index is 0.0166. The van der Waals surface area contributed by atoms with Gasteiger partial charge in [-0.1, -0.05) is 36.4 Å². The van der Waals surface area contributed by atoms with Crippen molar-refractivity contribution in [1.29, 1.82) is 0 Å². The molecule has 2 aromatic carbocycles. The summed E-state index contributed by atoms with van der Waals surface area (Å²) in [5, 5.41) is 14.7.